The predicted molar refractivity (Wildman–Crippen MR) is 148 cm³/mol. The molecule has 0 aromatic heterocycles. The second-order valence-electron chi connectivity index (χ2n) is 9.50. The third kappa shape index (κ3) is 4.91. The van der Waals surface area contributed by atoms with Crippen LogP contribution in [0.15, 0.2) is 78.9 Å². The number of benzene rings is 4. The largest absolute Gasteiger partial charge is 0.493 e. The number of hydrogen-bond donors (Lipinski definition) is 0. The lowest BCUT2D eigenvalue weighted by Gasteiger charge is -2.26. The van der Waals surface area contributed by atoms with Gasteiger partial charge in [0.25, 0.3) is 0 Å². The molecule has 0 bridgehead atoms. The topological polar surface area (TPSA) is 34.2 Å². The van der Waals surface area contributed by atoms with E-state index < -0.39 is 6.17 Å². The van der Waals surface area contributed by atoms with Crippen LogP contribution in [0.1, 0.15) is 30.9 Å². The van der Waals surface area contributed by atoms with E-state index in [1.54, 1.807) is 0 Å². The Bertz CT molecular complexity index is 1400. The summed E-state index contributed by atoms with van der Waals surface area (Å²) < 4.78 is 36.1. The van der Waals surface area contributed by atoms with E-state index in [0.29, 0.717) is 30.3 Å². The van der Waals surface area contributed by atoms with Crippen LogP contribution in [0.25, 0.3) is 21.9 Å². The summed E-state index contributed by atoms with van der Waals surface area (Å²) in [7, 11) is 2.83. The van der Waals surface area contributed by atoms with Crippen LogP contribution >= 0.6 is 0 Å². The number of ether oxygens (including phenoxy) is 1. The molecule has 1 aliphatic heterocycles. The fraction of sp³-hybridized carbons (Fsp3) is 0.290. The molecule has 0 amide bonds. The number of alkyl halides is 2. The predicted octanol–water partition coefficient (Wildman–Crippen LogP) is 7.77. The molecule has 0 aliphatic carbocycles. The van der Waals surface area contributed by atoms with E-state index in [-0.39, 0.29) is 6.61 Å². The molecule has 0 spiro atoms. The molecule has 4 aromatic rings. The van der Waals surface area contributed by atoms with Crippen molar-refractivity contribution in [1.82, 2.24) is 0 Å². The summed E-state index contributed by atoms with van der Waals surface area (Å²) in [6.07, 6.45) is -1.26. The SMILES string of the molecule is CCCCOc1cc(COOCc2ccccc2)c(-c2ccccc2)c2cc3c(cc12)N(C)C(F)(F)N3C. The van der Waals surface area contributed by atoms with Crippen LogP contribution in [-0.2, 0) is 23.0 Å². The molecular weight excluding hydrogens is 486 g/mol. The van der Waals surface area contributed by atoms with Gasteiger partial charge >= 0.3 is 6.17 Å². The summed E-state index contributed by atoms with van der Waals surface area (Å²) in [5.41, 5.74) is 4.63. The lowest BCUT2D eigenvalue weighted by atomic mass is 9.92. The van der Waals surface area contributed by atoms with Gasteiger partial charge in [-0.2, -0.15) is 8.78 Å². The van der Waals surface area contributed by atoms with Crippen molar-refractivity contribution >= 4 is 22.1 Å². The van der Waals surface area contributed by atoms with E-state index in [1.807, 2.05) is 78.9 Å². The first kappa shape index (κ1) is 25.9. The maximum atomic E-state index is 15.0. The molecule has 0 unspecified atom stereocenters. The number of fused-ring (bicyclic) bond motifs is 2. The maximum Gasteiger partial charge on any atom is 0.413 e. The summed E-state index contributed by atoms with van der Waals surface area (Å²) in [6.45, 7) is 3.11. The number of hydrogen-bond acceptors (Lipinski definition) is 5. The Morgan fingerprint density at radius 2 is 1.37 bits per heavy atom. The van der Waals surface area contributed by atoms with E-state index in [1.165, 1.54) is 14.1 Å². The van der Waals surface area contributed by atoms with Crippen LogP contribution < -0.4 is 14.5 Å². The van der Waals surface area contributed by atoms with E-state index >= 15 is 0 Å². The van der Waals surface area contributed by atoms with Gasteiger partial charge < -0.3 is 4.74 Å². The number of nitrogens with zero attached hydrogens (tertiary/aromatic N) is 2. The first-order chi connectivity index (χ1) is 18.4. The Hall–Kier alpha value is -3.68. The highest BCUT2D eigenvalue weighted by Gasteiger charge is 2.48. The third-order valence-corrected chi connectivity index (χ3v) is 6.99. The van der Waals surface area contributed by atoms with Gasteiger partial charge in [-0.05, 0) is 52.3 Å². The van der Waals surface area contributed by atoms with Crippen LogP contribution in [0.2, 0.25) is 0 Å². The highest BCUT2D eigenvalue weighted by molar-refractivity contribution is 6.06. The lowest BCUT2D eigenvalue weighted by molar-refractivity contribution is -0.313. The van der Waals surface area contributed by atoms with Crippen LogP contribution in [0.4, 0.5) is 20.2 Å². The van der Waals surface area contributed by atoms with Gasteiger partial charge in [0.2, 0.25) is 0 Å². The van der Waals surface area contributed by atoms with Crippen LogP contribution in [0.5, 0.6) is 5.75 Å². The quantitative estimate of drug-likeness (QED) is 0.0927. The molecule has 7 heteroatoms. The van der Waals surface area contributed by atoms with Crippen molar-refractivity contribution in [3.05, 3.63) is 90.0 Å². The normalized spacial score (nSPS) is 14.2. The molecule has 198 valence electrons. The van der Waals surface area contributed by atoms with Crippen molar-refractivity contribution < 1.29 is 23.3 Å². The zero-order valence-corrected chi connectivity index (χ0v) is 21.9. The number of rotatable bonds is 10. The highest BCUT2D eigenvalue weighted by Crippen LogP contribution is 2.50. The maximum absolute atomic E-state index is 15.0. The molecule has 0 saturated heterocycles. The van der Waals surface area contributed by atoms with Gasteiger partial charge in [-0.3, -0.25) is 9.80 Å². The molecule has 1 heterocycles. The molecule has 0 radical (unpaired) electrons. The Labute approximate surface area is 222 Å². The van der Waals surface area contributed by atoms with Crippen molar-refractivity contribution in [2.75, 3.05) is 30.5 Å². The van der Waals surface area contributed by atoms with Crippen molar-refractivity contribution in [2.24, 2.45) is 0 Å². The monoisotopic (exact) mass is 518 g/mol. The average Bonchev–Trinajstić information content (AvgIpc) is 3.10. The van der Waals surface area contributed by atoms with Crippen molar-refractivity contribution in [2.45, 2.75) is 39.1 Å². The van der Waals surface area contributed by atoms with Gasteiger partial charge in [0.15, 0.2) is 0 Å². The van der Waals surface area contributed by atoms with Gasteiger partial charge in [0.05, 0.1) is 18.0 Å². The summed E-state index contributed by atoms with van der Waals surface area (Å²) in [5, 5.41) is 1.61. The summed E-state index contributed by atoms with van der Waals surface area (Å²) in [6, 6.07) is 25.3. The fourth-order valence-electron chi connectivity index (χ4n) is 4.82. The van der Waals surface area contributed by atoms with Crippen LogP contribution in [0, 0.1) is 0 Å². The minimum absolute atomic E-state index is 0.167. The van der Waals surface area contributed by atoms with E-state index in [0.717, 1.165) is 55.7 Å². The zero-order valence-electron chi connectivity index (χ0n) is 21.9. The molecular formula is C31H32F2N2O3. The van der Waals surface area contributed by atoms with Crippen LogP contribution in [0.3, 0.4) is 0 Å². The molecule has 4 aromatic carbocycles. The van der Waals surface area contributed by atoms with Gasteiger partial charge in [-0.1, -0.05) is 74.0 Å². The lowest BCUT2D eigenvalue weighted by Crippen LogP contribution is -2.46. The zero-order chi connectivity index (χ0) is 26.7. The number of halogens is 2. The molecule has 0 fully saturated rings. The molecule has 1 aliphatic rings. The fourth-order valence-corrected chi connectivity index (χ4v) is 4.82. The highest BCUT2D eigenvalue weighted by atomic mass is 19.3. The Morgan fingerprint density at radius 1 is 0.763 bits per heavy atom. The van der Waals surface area contributed by atoms with Crippen molar-refractivity contribution in [1.29, 1.82) is 0 Å². The van der Waals surface area contributed by atoms with E-state index in [9.17, 15) is 8.78 Å². The molecule has 0 atom stereocenters. The molecule has 0 N–H and O–H groups in total. The summed E-state index contributed by atoms with van der Waals surface area (Å²) in [4.78, 5) is 13.2. The minimum atomic E-state index is -3.13. The third-order valence-electron chi connectivity index (χ3n) is 6.99. The standard InChI is InChI=1S/C31H32F2N2O3/c1-4-5-16-36-29-17-24(21-38-37-20-22-12-8-6-9-13-22)30(23-14-10-7-11-15-23)26-19-28-27(18-25(26)29)34(2)31(32,33)35(28)3/h6-15,17-19H,4-5,16,20-21H2,1-3H3. The first-order valence-corrected chi connectivity index (χ1v) is 12.9. The molecule has 5 nitrogen and oxygen atoms in total. The van der Waals surface area contributed by atoms with E-state index in [2.05, 4.69) is 6.92 Å². The molecule has 5 rings (SSSR count). The van der Waals surface area contributed by atoms with Crippen molar-refractivity contribution in [3.63, 3.8) is 0 Å². The van der Waals surface area contributed by atoms with Crippen LogP contribution in [-0.4, -0.2) is 26.9 Å². The Morgan fingerprint density at radius 3 is 2.03 bits per heavy atom. The van der Waals surface area contributed by atoms with Crippen molar-refractivity contribution in [3.8, 4) is 16.9 Å². The van der Waals surface area contributed by atoms with Gasteiger partial charge in [-0.25, -0.2) is 9.78 Å². The molecule has 0 saturated carbocycles. The smallest absolute Gasteiger partial charge is 0.413 e. The van der Waals surface area contributed by atoms with Gasteiger partial charge in [0.1, 0.15) is 19.0 Å². The average molecular weight is 519 g/mol. The number of anilines is 2. The second-order valence-corrected chi connectivity index (χ2v) is 9.50. The van der Waals surface area contributed by atoms with Gasteiger partial charge in [0, 0.05) is 19.5 Å². The second kappa shape index (κ2) is 11.0. The van der Waals surface area contributed by atoms with Gasteiger partial charge in [-0.15, -0.1) is 0 Å². The Balaban J connectivity index is 1.61. The Kier molecular flexibility index (Phi) is 7.49. The summed E-state index contributed by atoms with van der Waals surface area (Å²) >= 11 is 0. The van der Waals surface area contributed by atoms with E-state index in [4.69, 9.17) is 14.5 Å². The first-order valence-electron chi connectivity index (χ1n) is 12.9. The minimum Gasteiger partial charge on any atom is -0.493 e. The summed E-state index contributed by atoms with van der Waals surface area (Å²) in [5.74, 6) is 0.642. The molecule has 38 heavy (non-hydrogen) atoms. The number of unbranched alkanes of at least 4 members (excludes halogenated alkanes) is 1.